The minimum Gasteiger partial charge on any atom is -0.383 e. The minimum atomic E-state index is -0.0368. The Morgan fingerprint density at radius 3 is 3.06 bits per heavy atom. The van der Waals surface area contributed by atoms with Crippen LogP contribution in [0.4, 0.5) is 5.82 Å². The van der Waals surface area contributed by atoms with Gasteiger partial charge in [-0.1, -0.05) is 0 Å². The second-order valence-corrected chi connectivity index (χ2v) is 4.77. The van der Waals surface area contributed by atoms with Gasteiger partial charge < -0.3 is 15.6 Å². The van der Waals surface area contributed by atoms with Gasteiger partial charge >= 0.3 is 0 Å². The molecule has 0 aliphatic heterocycles. The lowest BCUT2D eigenvalue weighted by Crippen LogP contribution is -2.24. The van der Waals surface area contributed by atoms with Crippen molar-refractivity contribution < 1.29 is 4.79 Å². The Balaban J connectivity index is 2.29. The Kier molecular flexibility index (Phi) is 3.46. The van der Waals surface area contributed by atoms with Gasteiger partial charge in [0, 0.05) is 29.8 Å². The van der Waals surface area contributed by atoms with Gasteiger partial charge in [-0.2, -0.15) is 0 Å². The number of nitrogens with one attached hydrogen (secondary N) is 1. The van der Waals surface area contributed by atoms with Crippen LogP contribution in [0.3, 0.4) is 0 Å². The van der Waals surface area contributed by atoms with Crippen molar-refractivity contribution in [3.05, 3.63) is 16.1 Å². The van der Waals surface area contributed by atoms with Crippen LogP contribution in [-0.2, 0) is 11.3 Å². The summed E-state index contributed by atoms with van der Waals surface area (Å²) in [5, 5.41) is 3.62. The zero-order valence-electron chi connectivity index (χ0n) is 9.27. The zero-order chi connectivity index (χ0) is 12.4. The number of aromatic nitrogens is 3. The first-order chi connectivity index (χ1) is 8.09. The number of hydrogen-bond acceptors (Lipinski definition) is 4. The van der Waals surface area contributed by atoms with Crippen molar-refractivity contribution in [3.8, 4) is 0 Å². The van der Waals surface area contributed by atoms with Crippen LogP contribution in [-0.4, -0.2) is 27.0 Å². The normalized spacial score (nSPS) is 10.7. The molecule has 0 spiro atoms. The molecule has 0 atom stereocenters. The molecule has 7 heteroatoms. The smallest absolute Gasteiger partial charge is 0.216 e. The van der Waals surface area contributed by atoms with Gasteiger partial charge in [0.05, 0.1) is 5.39 Å². The highest BCUT2D eigenvalue weighted by molar-refractivity contribution is 14.1. The van der Waals surface area contributed by atoms with E-state index < -0.39 is 0 Å². The zero-order valence-corrected chi connectivity index (χ0v) is 11.4. The van der Waals surface area contributed by atoms with Crippen LogP contribution in [0.5, 0.6) is 0 Å². The average molecular weight is 345 g/mol. The summed E-state index contributed by atoms with van der Waals surface area (Å²) in [6.45, 7) is 2.73. The molecule has 2 aromatic rings. The van der Waals surface area contributed by atoms with Crippen LogP contribution >= 0.6 is 22.6 Å². The predicted octanol–water partition coefficient (Wildman–Crippen LogP) is 0.754. The molecule has 0 radical (unpaired) electrons. The van der Waals surface area contributed by atoms with E-state index in [1.54, 1.807) is 0 Å². The number of anilines is 1. The molecule has 0 aliphatic carbocycles. The third-order valence-electron chi connectivity index (χ3n) is 2.36. The summed E-state index contributed by atoms with van der Waals surface area (Å²) in [6.07, 6.45) is 3.40. The van der Waals surface area contributed by atoms with Crippen molar-refractivity contribution in [3.63, 3.8) is 0 Å². The summed E-state index contributed by atoms with van der Waals surface area (Å²) < 4.78 is 2.98. The number of rotatable bonds is 3. The second kappa shape index (κ2) is 4.86. The van der Waals surface area contributed by atoms with E-state index >= 15 is 0 Å². The van der Waals surface area contributed by atoms with Gasteiger partial charge in [0.1, 0.15) is 17.8 Å². The maximum atomic E-state index is 10.8. The molecule has 0 fully saturated rings. The first-order valence-corrected chi connectivity index (χ1v) is 6.16. The number of amides is 1. The molecule has 2 aromatic heterocycles. The molecule has 17 heavy (non-hydrogen) atoms. The van der Waals surface area contributed by atoms with Gasteiger partial charge in [-0.25, -0.2) is 9.97 Å². The van der Waals surface area contributed by atoms with E-state index in [1.165, 1.54) is 13.3 Å². The van der Waals surface area contributed by atoms with Crippen LogP contribution in [0, 0.1) is 3.57 Å². The number of hydrogen-bond donors (Lipinski definition) is 2. The van der Waals surface area contributed by atoms with Gasteiger partial charge in [0.2, 0.25) is 5.91 Å². The van der Waals surface area contributed by atoms with E-state index in [4.69, 9.17) is 5.73 Å². The first-order valence-electron chi connectivity index (χ1n) is 5.09. The Morgan fingerprint density at radius 2 is 2.35 bits per heavy atom. The summed E-state index contributed by atoms with van der Waals surface area (Å²) in [6, 6.07) is 0. The van der Waals surface area contributed by atoms with Gasteiger partial charge in [0.25, 0.3) is 0 Å². The lowest BCUT2D eigenvalue weighted by atomic mass is 10.4. The molecular weight excluding hydrogens is 333 g/mol. The van der Waals surface area contributed by atoms with Crippen LogP contribution < -0.4 is 11.1 Å². The van der Waals surface area contributed by atoms with Crippen LogP contribution in [0.1, 0.15) is 6.92 Å². The Morgan fingerprint density at radius 1 is 1.59 bits per heavy atom. The number of halogens is 1. The Hall–Kier alpha value is -1.38. The van der Waals surface area contributed by atoms with Crippen molar-refractivity contribution in [2.24, 2.45) is 0 Å². The number of carbonyl (C=O) groups excluding carboxylic acids is 1. The first kappa shape index (κ1) is 12.1. The minimum absolute atomic E-state index is 0.0368. The third kappa shape index (κ3) is 2.48. The maximum Gasteiger partial charge on any atom is 0.216 e. The fraction of sp³-hybridized carbons (Fsp3) is 0.300. The van der Waals surface area contributed by atoms with Crippen LogP contribution in [0.15, 0.2) is 12.5 Å². The molecule has 90 valence electrons. The molecule has 3 N–H and O–H groups in total. The molecule has 0 aliphatic rings. The summed E-state index contributed by atoms with van der Waals surface area (Å²) in [5.41, 5.74) is 6.61. The summed E-state index contributed by atoms with van der Waals surface area (Å²) >= 11 is 2.20. The van der Waals surface area contributed by atoms with Crippen molar-refractivity contribution in [2.45, 2.75) is 13.5 Å². The molecule has 2 rings (SSSR count). The molecule has 0 saturated carbocycles. The van der Waals surface area contributed by atoms with Crippen molar-refractivity contribution >= 4 is 45.3 Å². The average Bonchev–Trinajstić information content (AvgIpc) is 2.57. The summed E-state index contributed by atoms with van der Waals surface area (Å²) in [5.74, 6) is 0.447. The van der Waals surface area contributed by atoms with E-state index in [2.05, 4.69) is 37.9 Å². The van der Waals surface area contributed by atoms with Crippen molar-refractivity contribution in [1.29, 1.82) is 0 Å². The molecule has 0 bridgehead atoms. The van der Waals surface area contributed by atoms with Crippen LogP contribution in [0.2, 0.25) is 0 Å². The highest BCUT2D eigenvalue weighted by atomic mass is 127. The largest absolute Gasteiger partial charge is 0.383 e. The van der Waals surface area contributed by atoms with Crippen molar-refractivity contribution in [1.82, 2.24) is 19.9 Å². The molecule has 0 saturated heterocycles. The van der Waals surface area contributed by atoms with E-state index in [9.17, 15) is 4.79 Å². The number of nitrogens with two attached hydrogens (primary N) is 1. The molecule has 6 nitrogen and oxygen atoms in total. The molecular formula is C10H12IN5O. The van der Waals surface area contributed by atoms with Crippen molar-refractivity contribution in [2.75, 3.05) is 12.3 Å². The van der Waals surface area contributed by atoms with Gasteiger partial charge in [0.15, 0.2) is 0 Å². The highest BCUT2D eigenvalue weighted by Gasteiger charge is 2.10. The molecule has 0 unspecified atom stereocenters. The molecule has 2 heterocycles. The monoisotopic (exact) mass is 345 g/mol. The predicted molar refractivity (Wildman–Crippen MR) is 73.3 cm³/mol. The van der Waals surface area contributed by atoms with E-state index in [0.29, 0.717) is 18.9 Å². The second-order valence-electron chi connectivity index (χ2n) is 3.61. The number of carbonyl (C=O) groups is 1. The topological polar surface area (TPSA) is 85.8 Å². The lowest BCUT2D eigenvalue weighted by Gasteiger charge is -2.05. The molecule has 0 aromatic carbocycles. The molecule has 1 amide bonds. The third-order valence-corrected chi connectivity index (χ3v) is 3.18. The number of fused-ring (bicyclic) bond motifs is 1. The quantitative estimate of drug-likeness (QED) is 0.804. The number of nitrogens with zero attached hydrogens (tertiary/aromatic N) is 3. The fourth-order valence-electron chi connectivity index (χ4n) is 1.62. The SMILES string of the molecule is CC(=O)NCCn1cc(I)c2c(N)ncnc21. The maximum absolute atomic E-state index is 10.8. The number of nitrogen functional groups attached to an aromatic ring is 1. The fourth-order valence-corrected chi connectivity index (χ4v) is 2.48. The van der Waals surface area contributed by atoms with E-state index in [1.807, 2.05) is 10.8 Å². The van der Waals surface area contributed by atoms with Gasteiger partial charge in [-0.05, 0) is 22.6 Å². The Labute approximate surface area is 112 Å². The summed E-state index contributed by atoms with van der Waals surface area (Å²) in [4.78, 5) is 19.0. The van der Waals surface area contributed by atoms with Gasteiger partial charge in [-0.3, -0.25) is 4.79 Å². The standard InChI is InChI=1S/C10H12IN5O/c1-6(17)13-2-3-16-4-7(11)8-9(12)14-5-15-10(8)16/h4-5H,2-3H2,1H3,(H,13,17)(H2,12,14,15). The van der Waals surface area contributed by atoms with Crippen LogP contribution in [0.25, 0.3) is 11.0 Å². The highest BCUT2D eigenvalue weighted by Crippen LogP contribution is 2.24. The van der Waals surface area contributed by atoms with Gasteiger partial charge in [-0.15, -0.1) is 0 Å². The van der Waals surface area contributed by atoms with E-state index in [0.717, 1.165) is 14.6 Å². The Bertz CT molecular complexity index is 565. The summed E-state index contributed by atoms with van der Waals surface area (Å²) in [7, 11) is 0. The lowest BCUT2D eigenvalue weighted by molar-refractivity contribution is -0.118. The van der Waals surface area contributed by atoms with E-state index in [-0.39, 0.29) is 5.91 Å².